The van der Waals surface area contributed by atoms with E-state index in [4.69, 9.17) is 11.6 Å². The highest BCUT2D eigenvalue weighted by Crippen LogP contribution is 2.20. The predicted octanol–water partition coefficient (Wildman–Crippen LogP) is 2.71. The van der Waals surface area contributed by atoms with Crippen LogP contribution in [-0.4, -0.2) is 18.2 Å². The summed E-state index contributed by atoms with van der Waals surface area (Å²) in [5, 5.41) is 0.521. The van der Waals surface area contributed by atoms with Crippen LogP contribution in [0.2, 0.25) is 5.15 Å². The first-order valence-electron chi connectivity index (χ1n) is 4.11. The number of pyridine rings is 1. The van der Waals surface area contributed by atoms with Crippen LogP contribution in [0.4, 0.5) is 0 Å². The molecule has 0 bridgehead atoms. The van der Waals surface area contributed by atoms with Crippen molar-refractivity contribution in [1.82, 2.24) is 4.98 Å². The number of hydrogen-bond donors (Lipinski definition) is 0. The maximum Gasteiger partial charge on any atom is 0.129 e. The summed E-state index contributed by atoms with van der Waals surface area (Å²) in [6, 6.07) is 3.76. The molecular formula is C10H13ClN2. The number of aromatic nitrogens is 1. The van der Waals surface area contributed by atoms with Gasteiger partial charge in [0.25, 0.3) is 0 Å². The van der Waals surface area contributed by atoms with E-state index in [0.717, 1.165) is 5.56 Å². The number of hydrogen-bond acceptors (Lipinski definition) is 2. The lowest BCUT2D eigenvalue weighted by Crippen LogP contribution is -2.18. The molecule has 3 heteroatoms. The molecule has 0 N–H and O–H groups in total. The Morgan fingerprint density at radius 3 is 2.62 bits per heavy atom. The Hall–Kier alpha value is -0.890. The molecule has 0 aromatic carbocycles. The minimum atomic E-state index is -0.0770. The summed E-state index contributed by atoms with van der Waals surface area (Å²) < 4.78 is 0. The summed E-state index contributed by atoms with van der Waals surface area (Å²) >= 11 is 5.69. The third kappa shape index (κ3) is 2.52. The van der Waals surface area contributed by atoms with Gasteiger partial charge in [0.2, 0.25) is 0 Å². The van der Waals surface area contributed by atoms with Gasteiger partial charge in [0.05, 0.1) is 0 Å². The van der Waals surface area contributed by atoms with E-state index in [1.807, 2.05) is 12.3 Å². The van der Waals surface area contributed by atoms with Crippen molar-refractivity contribution in [1.29, 1.82) is 0 Å². The third-order valence-electron chi connectivity index (χ3n) is 1.92. The van der Waals surface area contributed by atoms with E-state index in [1.165, 1.54) is 0 Å². The second-order valence-corrected chi connectivity index (χ2v) is 3.87. The minimum Gasteiger partial charge on any atom is -0.300 e. The number of nitrogens with zero attached hydrogens (tertiary/aromatic N) is 2. The van der Waals surface area contributed by atoms with E-state index in [-0.39, 0.29) is 5.41 Å². The smallest absolute Gasteiger partial charge is 0.129 e. The summed E-state index contributed by atoms with van der Waals surface area (Å²) in [4.78, 5) is 8.05. The zero-order valence-corrected chi connectivity index (χ0v) is 8.84. The molecule has 0 aliphatic carbocycles. The molecule has 0 unspecified atom stereocenters. The fourth-order valence-electron chi connectivity index (χ4n) is 1.15. The first kappa shape index (κ1) is 10.2. The topological polar surface area (TPSA) is 25.2 Å². The average molecular weight is 197 g/mol. The molecule has 0 aliphatic heterocycles. The first-order valence-corrected chi connectivity index (χ1v) is 4.49. The molecule has 1 aromatic heterocycles. The predicted molar refractivity (Wildman–Crippen MR) is 56.7 cm³/mol. The van der Waals surface area contributed by atoms with Gasteiger partial charge in [-0.2, -0.15) is 0 Å². The summed E-state index contributed by atoms with van der Waals surface area (Å²) in [6.07, 6.45) is 3.68. The van der Waals surface area contributed by atoms with Gasteiger partial charge in [-0.25, -0.2) is 4.98 Å². The molecule has 1 aromatic rings. The standard InChI is InChI=1S/C10H13ClN2/c1-10(2,7-12-3)8-4-5-9(11)13-6-8/h4-7H,1-3H3. The van der Waals surface area contributed by atoms with Gasteiger partial charge in [-0.3, -0.25) is 4.99 Å². The van der Waals surface area contributed by atoms with Crippen LogP contribution in [0, 0.1) is 0 Å². The zero-order valence-electron chi connectivity index (χ0n) is 8.08. The van der Waals surface area contributed by atoms with Crippen molar-refractivity contribution < 1.29 is 0 Å². The minimum absolute atomic E-state index is 0.0770. The van der Waals surface area contributed by atoms with Crippen molar-refractivity contribution in [3.8, 4) is 0 Å². The molecule has 2 nitrogen and oxygen atoms in total. The van der Waals surface area contributed by atoms with Crippen molar-refractivity contribution in [3.63, 3.8) is 0 Å². The van der Waals surface area contributed by atoms with Gasteiger partial charge in [0.15, 0.2) is 0 Å². The number of rotatable bonds is 2. The molecule has 0 radical (unpaired) electrons. The van der Waals surface area contributed by atoms with Gasteiger partial charge < -0.3 is 0 Å². The highest BCUT2D eigenvalue weighted by Gasteiger charge is 2.17. The summed E-state index contributed by atoms with van der Waals surface area (Å²) in [6.45, 7) is 4.18. The van der Waals surface area contributed by atoms with Crippen molar-refractivity contribution in [3.05, 3.63) is 29.0 Å². The Morgan fingerprint density at radius 2 is 2.15 bits per heavy atom. The fourth-order valence-corrected chi connectivity index (χ4v) is 1.27. The SMILES string of the molecule is CN=CC(C)(C)c1ccc(Cl)nc1. The van der Waals surface area contributed by atoms with Crippen LogP contribution >= 0.6 is 11.6 Å². The Bertz CT molecular complexity index is 301. The van der Waals surface area contributed by atoms with Crippen LogP contribution in [0.25, 0.3) is 0 Å². The van der Waals surface area contributed by atoms with Crippen LogP contribution in [0.3, 0.4) is 0 Å². The van der Waals surface area contributed by atoms with Crippen molar-refractivity contribution in [2.45, 2.75) is 19.3 Å². The van der Waals surface area contributed by atoms with Crippen molar-refractivity contribution in [2.24, 2.45) is 4.99 Å². The van der Waals surface area contributed by atoms with E-state index in [0.29, 0.717) is 5.15 Å². The van der Waals surface area contributed by atoms with E-state index in [9.17, 15) is 0 Å². The number of halogens is 1. The second kappa shape index (κ2) is 3.88. The Balaban J connectivity index is 3.00. The van der Waals surface area contributed by atoms with E-state index in [2.05, 4.69) is 23.8 Å². The molecule has 13 heavy (non-hydrogen) atoms. The Kier molecular flexibility index (Phi) is 3.04. The molecular weight excluding hydrogens is 184 g/mol. The Morgan fingerprint density at radius 1 is 1.46 bits per heavy atom. The maximum atomic E-state index is 5.69. The van der Waals surface area contributed by atoms with Crippen LogP contribution < -0.4 is 0 Å². The van der Waals surface area contributed by atoms with Gasteiger partial charge >= 0.3 is 0 Å². The summed E-state index contributed by atoms with van der Waals surface area (Å²) in [7, 11) is 1.77. The molecule has 0 atom stereocenters. The maximum absolute atomic E-state index is 5.69. The normalized spacial score (nSPS) is 12.3. The average Bonchev–Trinajstić information content (AvgIpc) is 2.05. The molecule has 0 spiro atoms. The molecule has 0 amide bonds. The third-order valence-corrected chi connectivity index (χ3v) is 2.15. The van der Waals surface area contributed by atoms with Gasteiger partial charge in [0.1, 0.15) is 5.15 Å². The van der Waals surface area contributed by atoms with E-state index in [1.54, 1.807) is 19.3 Å². The monoisotopic (exact) mass is 196 g/mol. The largest absolute Gasteiger partial charge is 0.300 e. The van der Waals surface area contributed by atoms with Crippen LogP contribution in [0.15, 0.2) is 23.3 Å². The summed E-state index contributed by atoms with van der Waals surface area (Å²) in [5.41, 5.74) is 1.04. The van der Waals surface area contributed by atoms with E-state index >= 15 is 0 Å². The van der Waals surface area contributed by atoms with Crippen LogP contribution in [-0.2, 0) is 5.41 Å². The lowest BCUT2D eigenvalue weighted by molar-refractivity contribution is 0.729. The zero-order chi connectivity index (χ0) is 9.90. The van der Waals surface area contributed by atoms with Crippen molar-refractivity contribution in [2.75, 3.05) is 7.05 Å². The number of aliphatic imine (C=N–C) groups is 1. The van der Waals surface area contributed by atoms with Crippen LogP contribution in [0.1, 0.15) is 19.4 Å². The molecule has 0 saturated heterocycles. The van der Waals surface area contributed by atoms with Gasteiger partial charge in [0, 0.05) is 24.9 Å². The second-order valence-electron chi connectivity index (χ2n) is 3.48. The van der Waals surface area contributed by atoms with E-state index < -0.39 is 0 Å². The quantitative estimate of drug-likeness (QED) is 0.528. The first-order chi connectivity index (χ1) is 6.06. The van der Waals surface area contributed by atoms with Gasteiger partial charge in [-0.15, -0.1) is 0 Å². The molecule has 0 saturated carbocycles. The molecule has 1 rings (SSSR count). The highest BCUT2D eigenvalue weighted by atomic mass is 35.5. The van der Waals surface area contributed by atoms with Gasteiger partial charge in [-0.1, -0.05) is 31.5 Å². The molecule has 1 heterocycles. The van der Waals surface area contributed by atoms with Crippen LogP contribution in [0.5, 0.6) is 0 Å². The highest BCUT2D eigenvalue weighted by molar-refractivity contribution is 6.29. The fraction of sp³-hybridized carbons (Fsp3) is 0.400. The summed E-state index contributed by atoms with van der Waals surface area (Å²) in [5.74, 6) is 0. The molecule has 0 aliphatic rings. The lowest BCUT2D eigenvalue weighted by Gasteiger charge is -2.18. The lowest BCUT2D eigenvalue weighted by atomic mass is 9.87. The Labute approximate surface area is 83.7 Å². The molecule has 70 valence electrons. The van der Waals surface area contributed by atoms with Gasteiger partial charge in [-0.05, 0) is 11.6 Å². The van der Waals surface area contributed by atoms with Crippen molar-refractivity contribution >= 4 is 17.8 Å². The molecule has 0 fully saturated rings.